The summed E-state index contributed by atoms with van der Waals surface area (Å²) in [6.07, 6.45) is 2.90. The molecule has 0 saturated heterocycles. The van der Waals surface area contributed by atoms with Crippen LogP contribution in [0.3, 0.4) is 0 Å². The zero-order valence-corrected chi connectivity index (χ0v) is 21.3. The van der Waals surface area contributed by atoms with E-state index in [4.69, 9.17) is 0 Å². The van der Waals surface area contributed by atoms with E-state index < -0.39 is 23.5 Å². The quantitative estimate of drug-likeness (QED) is 0.162. The van der Waals surface area contributed by atoms with Crippen LogP contribution >= 0.6 is 23.1 Å². The standard InChI is InChI=1S/C28H20FN3O4S2/c29-20-12-9-18(10-13-20)16-37-28-31-30-27(38-28)32-24(19-7-4-8-21(33)15-19)23(25(35)26(32)36)22(34)14-11-17-5-2-1-3-6-17/h1-15,24,33,35H,16H2/b14-11+. The molecular weight excluding hydrogens is 525 g/mol. The van der Waals surface area contributed by atoms with Gasteiger partial charge in [-0.2, -0.15) is 0 Å². The zero-order chi connectivity index (χ0) is 26.6. The summed E-state index contributed by atoms with van der Waals surface area (Å²) < 4.78 is 13.7. The molecule has 4 aromatic rings. The number of hydrogen-bond acceptors (Lipinski definition) is 8. The molecule has 38 heavy (non-hydrogen) atoms. The summed E-state index contributed by atoms with van der Waals surface area (Å²) in [7, 11) is 0. The number of halogens is 1. The lowest BCUT2D eigenvalue weighted by Crippen LogP contribution is -2.30. The van der Waals surface area contributed by atoms with Crippen molar-refractivity contribution >= 4 is 46.0 Å². The van der Waals surface area contributed by atoms with Crippen molar-refractivity contribution < 1.29 is 24.2 Å². The Morgan fingerprint density at radius 3 is 2.53 bits per heavy atom. The summed E-state index contributed by atoms with van der Waals surface area (Å²) >= 11 is 2.49. The molecule has 2 N–H and O–H groups in total. The SMILES string of the molecule is O=C(/C=C/c1ccccc1)C1=C(O)C(=O)N(c2nnc(SCc3ccc(F)cc3)s2)C1c1cccc(O)c1. The minimum Gasteiger partial charge on any atom is -0.508 e. The molecule has 1 amide bonds. The Morgan fingerprint density at radius 2 is 1.79 bits per heavy atom. The van der Waals surface area contributed by atoms with Crippen molar-refractivity contribution in [1.82, 2.24) is 10.2 Å². The maximum Gasteiger partial charge on any atom is 0.296 e. The van der Waals surface area contributed by atoms with Gasteiger partial charge >= 0.3 is 0 Å². The van der Waals surface area contributed by atoms with Gasteiger partial charge in [0, 0.05) is 5.75 Å². The number of aromatic nitrogens is 2. The molecule has 0 bridgehead atoms. The van der Waals surface area contributed by atoms with Crippen molar-refractivity contribution in [3.05, 3.63) is 119 Å². The van der Waals surface area contributed by atoms with Gasteiger partial charge in [0.15, 0.2) is 15.9 Å². The number of hydrogen-bond donors (Lipinski definition) is 2. The Hall–Kier alpha value is -4.28. The Labute approximate surface area is 225 Å². The van der Waals surface area contributed by atoms with Gasteiger partial charge in [0.25, 0.3) is 5.91 Å². The monoisotopic (exact) mass is 545 g/mol. The topological polar surface area (TPSA) is 104 Å². The van der Waals surface area contributed by atoms with Crippen LogP contribution in [0.1, 0.15) is 22.7 Å². The van der Waals surface area contributed by atoms with E-state index in [2.05, 4.69) is 10.2 Å². The van der Waals surface area contributed by atoms with Crippen LogP contribution in [-0.4, -0.2) is 32.1 Å². The first-order valence-corrected chi connectivity index (χ1v) is 13.2. The summed E-state index contributed by atoms with van der Waals surface area (Å²) in [5.41, 5.74) is 1.97. The number of ketones is 1. The normalized spacial score (nSPS) is 15.6. The van der Waals surface area contributed by atoms with Gasteiger partial charge < -0.3 is 10.2 Å². The van der Waals surface area contributed by atoms with E-state index in [9.17, 15) is 24.2 Å². The van der Waals surface area contributed by atoms with Gasteiger partial charge in [0.2, 0.25) is 5.13 Å². The summed E-state index contributed by atoms with van der Waals surface area (Å²) in [6, 6.07) is 20.4. The van der Waals surface area contributed by atoms with Crippen molar-refractivity contribution in [3.8, 4) is 5.75 Å². The van der Waals surface area contributed by atoms with Crippen LogP contribution in [0, 0.1) is 5.82 Å². The molecule has 7 nitrogen and oxygen atoms in total. The van der Waals surface area contributed by atoms with Crippen LogP contribution in [0.2, 0.25) is 0 Å². The number of phenols is 1. The number of phenolic OH excluding ortho intramolecular Hbond substituents is 1. The largest absolute Gasteiger partial charge is 0.508 e. The lowest BCUT2D eigenvalue weighted by Gasteiger charge is -2.23. The minimum atomic E-state index is -1.02. The second kappa shape index (κ2) is 11.0. The van der Waals surface area contributed by atoms with E-state index in [-0.39, 0.29) is 22.3 Å². The number of nitrogens with zero attached hydrogens (tertiary/aromatic N) is 3. The highest BCUT2D eigenvalue weighted by Crippen LogP contribution is 2.43. The third-order valence-corrected chi connectivity index (χ3v) is 7.89. The highest BCUT2D eigenvalue weighted by molar-refractivity contribution is 8.00. The molecule has 1 unspecified atom stereocenters. The lowest BCUT2D eigenvalue weighted by molar-refractivity contribution is -0.117. The fourth-order valence-electron chi connectivity index (χ4n) is 3.97. The van der Waals surface area contributed by atoms with Gasteiger partial charge in [-0.25, -0.2) is 4.39 Å². The summed E-state index contributed by atoms with van der Waals surface area (Å²) in [6.45, 7) is 0. The number of carbonyl (C=O) groups excluding carboxylic acids is 2. The van der Waals surface area contributed by atoms with Crippen LogP contribution in [0.5, 0.6) is 5.75 Å². The first-order valence-electron chi connectivity index (χ1n) is 11.4. The number of benzene rings is 3. The molecule has 1 aliphatic rings. The predicted octanol–water partition coefficient (Wildman–Crippen LogP) is 5.86. The third kappa shape index (κ3) is 5.36. The average molecular weight is 546 g/mol. The Kier molecular flexibility index (Phi) is 7.34. The molecular formula is C28H20FN3O4S2. The fraction of sp³-hybridized carbons (Fsp3) is 0.0714. The number of anilines is 1. The van der Waals surface area contributed by atoms with E-state index in [0.717, 1.165) is 22.5 Å². The number of amides is 1. The Bertz CT molecular complexity index is 1550. The van der Waals surface area contributed by atoms with Crippen molar-refractivity contribution in [3.63, 3.8) is 0 Å². The van der Waals surface area contributed by atoms with E-state index >= 15 is 0 Å². The zero-order valence-electron chi connectivity index (χ0n) is 19.7. The maximum atomic E-state index is 13.3. The molecule has 3 aromatic carbocycles. The summed E-state index contributed by atoms with van der Waals surface area (Å²) in [4.78, 5) is 27.8. The molecule has 5 rings (SSSR count). The third-order valence-electron chi connectivity index (χ3n) is 5.76. The van der Waals surface area contributed by atoms with Crippen molar-refractivity contribution in [2.24, 2.45) is 0 Å². The fourth-order valence-corrected chi connectivity index (χ4v) is 5.80. The van der Waals surface area contributed by atoms with Crippen molar-refractivity contribution in [2.45, 2.75) is 16.1 Å². The molecule has 1 atom stereocenters. The maximum absolute atomic E-state index is 13.3. The van der Waals surface area contributed by atoms with Crippen LogP contribution in [0.4, 0.5) is 9.52 Å². The van der Waals surface area contributed by atoms with Crippen LogP contribution in [0.25, 0.3) is 6.08 Å². The highest BCUT2D eigenvalue weighted by atomic mass is 32.2. The first-order chi connectivity index (χ1) is 18.4. The molecule has 190 valence electrons. The number of carbonyl (C=O) groups is 2. The molecule has 10 heteroatoms. The molecule has 1 aromatic heterocycles. The minimum absolute atomic E-state index is 0.0549. The van der Waals surface area contributed by atoms with E-state index in [1.54, 1.807) is 30.3 Å². The molecule has 2 heterocycles. The second-order valence-electron chi connectivity index (χ2n) is 8.31. The average Bonchev–Trinajstić information content (AvgIpc) is 3.49. The van der Waals surface area contributed by atoms with Gasteiger partial charge in [-0.15, -0.1) is 10.2 Å². The van der Waals surface area contributed by atoms with Crippen molar-refractivity contribution in [2.75, 3.05) is 4.90 Å². The number of rotatable bonds is 8. The van der Waals surface area contributed by atoms with Gasteiger partial charge in [-0.1, -0.05) is 83.8 Å². The van der Waals surface area contributed by atoms with Gasteiger partial charge in [-0.05, 0) is 47.0 Å². The lowest BCUT2D eigenvalue weighted by atomic mass is 9.95. The predicted molar refractivity (Wildman–Crippen MR) is 144 cm³/mol. The molecule has 0 fully saturated rings. The number of thioether (sulfide) groups is 1. The smallest absolute Gasteiger partial charge is 0.296 e. The number of aromatic hydroxyl groups is 1. The summed E-state index contributed by atoms with van der Waals surface area (Å²) in [5.74, 6) is -1.89. The summed E-state index contributed by atoms with van der Waals surface area (Å²) in [5, 5.41) is 29.4. The first kappa shape index (κ1) is 25.4. The van der Waals surface area contributed by atoms with E-state index in [1.165, 1.54) is 47.0 Å². The van der Waals surface area contributed by atoms with Crippen molar-refractivity contribution in [1.29, 1.82) is 0 Å². The van der Waals surface area contributed by atoms with E-state index in [0.29, 0.717) is 15.7 Å². The number of allylic oxidation sites excluding steroid dienone is 1. The molecule has 0 spiro atoms. The Balaban J connectivity index is 1.45. The second-order valence-corrected chi connectivity index (χ2v) is 10.5. The Morgan fingerprint density at radius 1 is 1.03 bits per heavy atom. The van der Waals surface area contributed by atoms with Crippen LogP contribution in [-0.2, 0) is 15.3 Å². The van der Waals surface area contributed by atoms with Crippen LogP contribution in [0.15, 0.2) is 101 Å². The molecule has 0 aliphatic carbocycles. The van der Waals surface area contributed by atoms with Gasteiger partial charge in [0.05, 0.1) is 11.6 Å². The van der Waals surface area contributed by atoms with E-state index in [1.807, 2.05) is 30.3 Å². The number of aliphatic hydroxyl groups excluding tert-OH is 1. The van der Waals surface area contributed by atoms with Gasteiger partial charge in [0.1, 0.15) is 11.6 Å². The number of aliphatic hydroxyl groups is 1. The van der Waals surface area contributed by atoms with Crippen LogP contribution < -0.4 is 4.90 Å². The molecule has 0 saturated carbocycles. The highest BCUT2D eigenvalue weighted by Gasteiger charge is 2.45. The molecule has 1 aliphatic heterocycles. The van der Waals surface area contributed by atoms with Gasteiger partial charge in [-0.3, -0.25) is 14.5 Å². The molecule has 0 radical (unpaired) electrons.